The van der Waals surface area contributed by atoms with Crippen LogP contribution in [-0.2, 0) is 10.3 Å². The molecule has 0 bridgehead atoms. The molecule has 1 aliphatic carbocycles. The Morgan fingerprint density at radius 3 is 2.54 bits per heavy atom. The van der Waals surface area contributed by atoms with E-state index in [4.69, 9.17) is 10.8 Å². The first kappa shape index (κ1) is 17.7. The number of nitrogens with zero attached hydrogens (tertiary/aromatic N) is 4. The molecule has 1 aromatic heterocycles. The minimum atomic E-state index is -1.01. The van der Waals surface area contributed by atoms with Crippen LogP contribution in [0.5, 0.6) is 0 Å². The number of piperidine rings is 1. The molecule has 3 amide bonds. The zero-order valence-electron chi connectivity index (χ0n) is 14.1. The molecule has 4 N–H and O–H groups in total. The highest BCUT2D eigenvalue weighted by molar-refractivity contribution is 6.02. The van der Waals surface area contributed by atoms with Crippen LogP contribution in [0.2, 0.25) is 0 Å². The van der Waals surface area contributed by atoms with Crippen molar-refractivity contribution in [2.75, 3.05) is 18.4 Å². The first-order valence-corrected chi connectivity index (χ1v) is 8.42. The molecule has 10 nitrogen and oxygen atoms in total. The Morgan fingerprint density at radius 1 is 1.38 bits per heavy atom. The summed E-state index contributed by atoms with van der Waals surface area (Å²) < 4.78 is 1.50. The fourth-order valence-electron chi connectivity index (χ4n) is 3.20. The quantitative estimate of drug-likeness (QED) is 0.702. The smallest absolute Gasteiger partial charge is 0.407 e. The summed E-state index contributed by atoms with van der Waals surface area (Å²) >= 11 is 0. The number of carbonyl (C=O) groups is 3. The van der Waals surface area contributed by atoms with Crippen molar-refractivity contribution in [2.24, 2.45) is 11.7 Å². The summed E-state index contributed by atoms with van der Waals surface area (Å²) in [6.45, 7) is 0.513. The molecule has 10 heteroatoms. The SMILES string of the molecule is N#CCC1(n2cc(C(N)=O)c(NC(=O)C3CC3)n2)CCN(C(=O)O)CC1. The lowest BCUT2D eigenvalue weighted by Gasteiger charge is -2.39. The van der Waals surface area contributed by atoms with E-state index in [1.54, 1.807) is 0 Å². The van der Waals surface area contributed by atoms with E-state index in [0.717, 1.165) is 12.8 Å². The van der Waals surface area contributed by atoms with Crippen LogP contribution in [0.3, 0.4) is 0 Å². The molecule has 0 aromatic carbocycles. The first-order chi connectivity index (χ1) is 12.4. The van der Waals surface area contributed by atoms with Gasteiger partial charge in [-0.15, -0.1) is 0 Å². The minimum absolute atomic E-state index is 0.0623. The van der Waals surface area contributed by atoms with Crippen LogP contribution in [0, 0.1) is 17.2 Å². The Kier molecular flexibility index (Phi) is 4.54. The average molecular weight is 360 g/mol. The highest BCUT2D eigenvalue weighted by Gasteiger charge is 2.40. The molecule has 2 aliphatic rings. The van der Waals surface area contributed by atoms with Crippen molar-refractivity contribution in [3.05, 3.63) is 11.8 Å². The highest BCUT2D eigenvalue weighted by atomic mass is 16.4. The van der Waals surface area contributed by atoms with Gasteiger partial charge in [-0.2, -0.15) is 10.4 Å². The van der Waals surface area contributed by atoms with E-state index in [2.05, 4.69) is 16.5 Å². The molecular formula is C16H20N6O4. The van der Waals surface area contributed by atoms with Gasteiger partial charge in [0.2, 0.25) is 5.91 Å². The van der Waals surface area contributed by atoms with Crippen molar-refractivity contribution < 1.29 is 19.5 Å². The second-order valence-corrected chi connectivity index (χ2v) is 6.79. The van der Waals surface area contributed by atoms with E-state index < -0.39 is 17.5 Å². The number of amides is 3. The van der Waals surface area contributed by atoms with Crippen LogP contribution in [-0.4, -0.2) is 50.8 Å². The molecule has 1 saturated heterocycles. The number of carbonyl (C=O) groups excluding carboxylic acids is 2. The molecule has 1 aliphatic heterocycles. The summed E-state index contributed by atoms with van der Waals surface area (Å²) in [5, 5.41) is 25.3. The van der Waals surface area contributed by atoms with Gasteiger partial charge in [-0.25, -0.2) is 4.79 Å². The third-order valence-electron chi connectivity index (χ3n) is 5.03. The van der Waals surface area contributed by atoms with E-state index >= 15 is 0 Å². The Labute approximate surface area is 149 Å². The summed E-state index contributed by atoms with van der Waals surface area (Å²) in [7, 11) is 0. The standard InChI is InChI=1S/C16H20N6O4/c17-6-3-16(4-7-21(8-5-16)15(25)26)22-9-11(12(18)23)13(20-22)19-14(24)10-1-2-10/h9-10H,1-5,7-8H2,(H2,18,23)(H,25,26)(H,19,20,24). The number of rotatable bonds is 5. The third kappa shape index (κ3) is 3.33. The summed E-state index contributed by atoms with van der Waals surface area (Å²) in [5.41, 5.74) is 4.75. The number of nitriles is 1. The Bertz CT molecular complexity index is 783. The maximum absolute atomic E-state index is 12.0. The van der Waals surface area contributed by atoms with Crippen molar-refractivity contribution in [3.63, 3.8) is 0 Å². The topological polar surface area (TPSA) is 154 Å². The van der Waals surface area contributed by atoms with Crippen LogP contribution in [0.4, 0.5) is 10.6 Å². The second kappa shape index (κ2) is 6.67. The number of aromatic nitrogens is 2. The highest BCUT2D eigenvalue weighted by Crippen LogP contribution is 2.35. The molecule has 0 atom stereocenters. The van der Waals surface area contributed by atoms with E-state index in [9.17, 15) is 19.6 Å². The molecule has 26 heavy (non-hydrogen) atoms. The second-order valence-electron chi connectivity index (χ2n) is 6.79. The van der Waals surface area contributed by atoms with E-state index in [0.29, 0.717) is 12.8 Å². The van der Waals surface area contributed by atoms with E-state index in [1.807, 2.05) is 0 Å². The molecule has 0 radical (unpaired) electrons. The maximum atomic E-state index is 12.0. The molecule has 1 aromatic rings. The fraction of sp³-hybridized carbons (Fsp3) is 0.562. The summed E-state index contributed by atoms with van der Waals surface area (Å²) in [6, 6.07) is 2.12. The van der Waals surface area contributed by atoms with Crippen molar-refractivity contribution in [3.8, 4) is 6.07 Å². The summed E-state index contributed by atoms with van der Waals surface area (Å²) in [4.78, 5) is 36.2. The minimum Gasteiger partial charge on any atom is -0.465 e. The molecular weight excluding hydrogens is 340 g/mol. The molecule has 0 unspecified atom stereocenters. The Hall–Kier alpha value is -3.09. The zero-order chi connectivity index (χ0) is 18.9. The Balaban J connectivity index is 1.89. The Morgan fingerprint density at radius 2 is 2.04 bits per heavy atom. The first-order valence-electron chi connectivity index (χ1n) is 8.42. The molecule has 3 rings (SSSR count). The van der Waals surface area contributed by atoms with Gasteiger partial charge < -0.3 is 21.1 Å². The lowest BCUT2D eigenvalue weighted by Crippen LogP contribution is -2.47. The lowest BCUT2D eigenvalue weighted by molar-refractivity contribution is -0.117. The number of nitrogens with two attached hydrogens (primary N) is 1. The van der Waals surface area contributed by atoms with Gasteiger partial charge in [0.05, 0.1) is 18.0 Å². The van der Waals surface area contributed by atoms with Gasteiger partial charge in [-0.05, 0) is 25.7 Å². The molecule has 1 saturated carbocycles. The number of carboxylic acid groups (broad SMARTS) is 1. The van der Waals surface area contributed by atoms with Gasteiger partial charge in [0.15, 0.2) is 5.82 Å². The monoisotopic (exact) mass is 360 g/mol. The number of likely N-dealkylation sites (tertiary alicyclic amines) is 1. The van der Waals surface area contributed by atoms with Crippen molar-refractivity contribution in [2.45, 2.75) is 37.6 Å². The average Bonchev–Trinajstić information content (AvgIpc) is 3.36. The maximum Gasteiger partial charge on any atom is 0.407 e. The van der Waals surface area contributed by atoms with Crippen molar-refractivity contribution in [1.82, 2.24) is 14.7 Å². The predicted octanol–water partition coefficient (Wildman–Crippen LogP) is 0.713. The predicted molar refractivity (Wildman–Crippen MR) is 89.1 cm³/mol. The van der Waals surface area contributed by atoms with Gasteiger partial charge in [-0.3, -0.25) is 14.3 Å². The number of nitrogens with one attached hydrogen (secondary N) is 1. The van der Waals surface area contributed by atoms with Crippen molar-refractivity contribution >= 4 is 23.7 Å². The summed E-state index contributed by atoms with van der Waals surface area (Å²) in [5.74, 6) is -0.898. The molecule has 0 spiro atoms. The van der Waals surface area contributed by atoms with Crippen LogP contribution in [0.25, 0.3) is 0 Å². The van der Waals surface area contributed by atoms with Crippen LogP contribution >= 0.6 is 0 Å². The van der Waals surface area contributed by atoms with Crippen LogP contribution in [0.15, 0.2) is 6.20 Å². The zero-order valence-corrected chi connectivity index (χ0v) is 14.1. The fourth-order valence-corrected chi connectivity index (χ4v) is 3.20. The summed E-state index contributed by atoms with van der Waals surface area (Å²) in [6.07, 6.45) is 2.91. The van der Waals surface area contributed by atoms with E-state index in [-0.39, 0.29) is 42.7 Å². The van der Waals surface area contributed by atoms with Gasteiger partial charge in [-0.1, -0.05) is 0 Å². The normalized spacial score (nSPS) is 18.8. The largest absolute Gasteiger partial charge is 0.465 e. The van der Waals surface area contributed by atoms with Gasteiger partial charge in [0.25, 0.3) is 5.91 Å². The third-order valence-corrected chi connectivity index (χ3v) is 5.03. The van der Waals surface area contributed by atoms with Crippen LogP contribution in [0.1, 0.15) is 42.5 Å². The van der Waals surface area contributed by atoms with Crippen LogP contribution < -0.4 is 11.1 Å². The lowest BCUT2D eigenvalue weighted by atomic mass is 9.85. The van der Waals surface area contributed by atoms with Crippen molar-refractivity contribution in [1.29, 1.82) is 5.26 Å². The molecule has 138 valence electrons. The van der Waals surface area contributed by atoms with E-state index in [1.165, 1.54) is 15.8 Å². The van der Waals surface area contributed by atoms with Gasteiger partial charge in [0, 0.05) is 25.2 Å². The van der Waals surface area contributed by atoms with Gasteiger partial charge in [0.1, 0.15) is 5.56 Å². The number of anilines is 1. The molecule has 2 fully saturated rings. The molecule has 2 heterocycles. The number of hydrogen-bond donors (Lipinski definition) is 3. The van der Waals surface area contributed by atoms with Gasteiger partial charge >= 0.3 is 6.09 Å². The number of hydrogen-bond acceptors (Lipinski definition) is 5. The number of primary amides is 1.